The SMILES string of the molecule is COc1ccc2nncc(-c3ccccc3)c2c1. The fraction of sp³-hybridized carbons (Fsp3) is 0.0667. The maximum absolute atomic E-state index is 5.26. The van der Waals surface area contributed by atoms with E-state index in [-0.39, 0.29) is 0 Å². The van der Waals surface area contributed by atoms with E-state index in [1.54, 1.807) is 13.3 Å². The largest absolute Gasteiger partial charge is 0.497 e. The van der Waals surface area contributed by atoms with Gasteiger partial charge in [0.2, 0.25) is 0 Å². The minimum atomic E-state index is 0.827. The fourth-order valence-electron chi connectivity index (χ4n) is 2.01. The molecule has 2 aromatic carbocycles. The molecule has 0 bridgehead atoms. The number of nitrogens with zero attached hydrogens (tertiary/aromatic N) is 2. The lowest BCUT2D eigenvalue weighted by atomic mass is 10.0. The van der Waals surface area contributed by atoms with E-state index in [0.29, 0.717) is 0 Å². The highest BCUT2D eigenvalue weighted by molar-refractivity contribution is 5.94. The first-order chi connectivity index (χ1) is 8.88. The highest BCUT2D eigenvalue weighted by Crippen LogP contribution is 2.28. The van der Waals surface area contributed by atoms with Gasteiger partial charge >= 0.3 is 0 Å². The number of ether oxygens (including phenoxy) is 1. The van der Waals surface area contributed by atoms with E-state index in [2.05, 4.69) is 22.3 Å². The van der Waals surface area contributed by atoms with Crippen molar-refractivity contribution < 1.29 is 4.74 Å². The Kier molecular flexibility index (Phi) is 2.65. The average molecular weight is 236 g/mol. The summed E-state index contributed by atoms with van der Waals surface area (Å²) in [6.45, 7) is 0. The number of methoxy groups -OCH3 is 1. The summed E-state index contributed by atoms with van der Waals surface area (Å²) in [5.74, 6) is 0.827. The van der Waals surface area contributed by atoms with Crippen LogP contribution < -0.4 is 4.74 Å². The van der Waals surface area contributed by atoms with Crippen LogP contribution in [0.15, 0.2) is 54.7 Å². The molecule has 0 aliphatic rings. The van der Waals surface area contributed by atoms with Crippen LogP contribution in [0.3, 0.4) is 0 Å². The number of hydrogen-bond acceptors (Lipinski definition) is 3. The molecule has 0 amide bonds. The summed E-state index contributed by atoms with van der Waals surface area (Å²) in [5.41, 5.74) is 3.07. The van der Waals surface area contributed by atoms with Gasteiger partial charge in [-0.3, -0.25) is 0 Å². The standard InChI is InChI=1S/C15H12N2O/c1-18-12-7-8-15-13(9-12)14(10-16-17-15)11-5-3-2-4-6-11/h2-10H,1H3. The van der Waals surface area contributed by atoms with Gasteiger partial charge in [-0.25, -0.2) is 0 Å². The van der Waals surface area contributed by atoms with Crippen molar-refractivity contribution in [2.75, 3.05) is 7.11 Å². The molecule has 0 aliphatic carbocycles. The van der Waals surface area contributed by atoms with Gasteiger partial charge in [-0.2, -0.15) is 10.2 Å². The quantitative estimate of drug-likeness (QED) is 0.684. The van der Waals surface area contributed by atoms with Crippen LogP contribution in [0.4, 0.5) is 0 Å². The van der Waals surface area contributed by atoms with E-state index in [1.165, 1.54) is 0 Å². The van der Waals surface area contributed by atoms with Crippen LogP contribution in [0.25, 0.3) is 22.0 Å². The first kappa shape index (κ1) is 10.7. The Morgan fingerprint density at radius 2 is 1.83 bits per heavy atom. The van der Waals surface area contributed by atoms with Crippen LogP contribution in [-0.2, 0) is 0 Å². The lowest BCUT2D eigenvalue weighted by Crippen LogP contribution is -1.89. The van der Waals surface area contributed by atoms with Crippen LogP contribution in [0.2, 0.25) is 0 Å². The van der Waals surface area contributed by atoms with E-state index < -0.39 is 0 Å². The third-order valence-corrected chi connectivity index (χ3v) is 2.93. The highest BCUT2D eigenvalue weighted by atomic mass is 16.5. The summed E-state index contributed by atoms with van der Waals surface area (Å²) in [4.78, 5) is 0. The average Bonchev–Trinajstić information content (AvgIpc) is 2.47. The molecule has 0 fully saturated rings. The molecule has 0 saturated heterocycles. The number of benzene rings is 2. The molecule has 88 valence electrons. The second-order valence-electron chi connectivity index (χ2n) is 4.01. The van der Waals surface area contributed by atoms with Crippen molar-refractivity contribution >= 4 is 10.9 Å². The monoisotopic (exact) mass is 236 g/mol. The molecule has 1 aromatic heterocycles. The minimum absolute atomic E-state index is 0.827. The summed E-state index contributed by atoms with van der Waals surface area (Å²) >= 11 is 0. The third kappa shape index (κ3) is 1.80. The van der Waals surface area contributed by atoms with Crippen LogP contribution in [0.5, 0.6) is 5.75 Å². The second-order valence-corrected chi connectivity index (χ2v) is 4.01. The van der Waals surface area contributed by atoms with Gasteiger partial charge in [0.05, 0.1) is 18.8 Å². The van der Waals surface area contributed by atoms with Crippen LogP contribution in [-0.4, -0.2) is 17.3 Å². The summed E-state index contributed by atoms with van der Waals surface area (Å²) < 4.78 is 5.26. The summed E-state index contributed by atoms with van der Waals surface area (Å²) in [5, 5.41) is 9.24. The Bertz CT molecular complexity index is 680. The topological polar surface area (TPSA) is 35.0 Å². The van der Waals surface area contributed by atoms with Gasteiger partial charge in [0, 0.05) is 10.9 Å². The molecule has 0 radical (unpaired) electrons. The van der Waals surface area contributed by atoms with E-state index >= 15 is 0 Å². The molecule has 1 heterocycles. The van der Waals surface area contributed by atoms with Gasteiger partial charge in [-0.15, -0.1) is 0 Å². The Morgan fingerprint density at radius 1 is 1.00 bits per heavy atom. The van der Waals surface area contributed by atoms with Crippen molar-refractivity contribution in [3.8, 4) is 16.9 Å². The molecule has 3 aromatic rings. The predicted octanol–water partition coefficient (Wildman–Crippen LogP) is 3.31. The zero-order valence-corrected chi connectivity index (χ0v) is 10.00. The van der Waals surface area contributed by atoms with Crippen molar-refractivity contribution in [1.29, 1.82) is 0 Å². The first-order valence-corrected chi connectivity index (χ1v) is 5.73. The Morgan fingerprint density at radius 3 is 2.61 bits per heavy atom. The maximum Gasteiger partial charge on any atom is 0.119 e. The normalized spacial score (nSPS) is 10.5. The van der Waals surface area contributed by atoms with Gasteiger partial charge in [-0.05, 0) is 23.8 Å². The highest BCUT2D eigenvalue weighted by Gasteiger charge is 2.06. The van der Waals surface area contributed by atoms with Crippen molar-refractivity contribution in [3.05, 3.63) is 54.7 Å². The van der Waals surface area contributed by atoms with Crippen LogP contribution in [0.1, 0.15) is 0 Å². The molecule has 3 heteroatoms. The molecule has 3 rings (SSSR count). The van der Waals surface area contributed by atoms with Crippen LogP contribution in [0, 0.1) is 0 Å². The number of aromatic nitrogens is 2. The molecule has 0 saturated carbocycles. The van der Waals surface area contributed by atoms with Crippen molar-refractivity contribution in [2.24, 2.45) is 0 Å². The molecule has 0 N–H and O–H groups in total. The lowest BCUT2D eigenvalue weighted by molar-refractivity contribution is 0.415. The van der Waals surface area contributed by atoms with Gasteiger partial charge in [0.25, 0.3) is 0 Å². The first-order valence-electron chi connectivity index (χ1n) is 5.73. The zero-order valence-electron chi connectivity index (χ0n) is 10.00. The van der Waals surface area contributed by atoms with Gasteiger partial charge in [0.1, 0.15) is 5.75 Å². The second kappa shape index (κ2) is 4.45. The van der Waals surface area contributed by atoms with E-state index in [4.69, 9.17) is 4.74 Å². The van der Waals surface area contributed by atoms with E-state index in [1.807, 2.05) is 36.4 Å². The molecule has 3 nitrogen and oxygen atoms in total. The summed E-state index contributed by atoms with van der Waals surface area (Å²) in [6, 6.07) is 16.0. The molecule has 18 heavy (non-hydrogen) atoms. The zero-order chi connectivity index (χ0) is 12.4. The minimum Gasteiger partial charge on any atom is -0.497 e. The van der Waals surface area contributed by atoms with Crippen molar-refractivity contribution in [2.45, 2.75) is 0 Å². The molecular weight excluding hydrogens is 224 g/mol. The predicted molar refractivity (Wildman–Crippen MR) is 71.5 cm³/mol. The maximum atomic E-state index is 5.26. The van der Waals surface area contributed by atoms with Crippen molar-refractivity contribution in [1.82, 2.24) is 10.2 Å². The number of rotatable bonds is 2. The molecular formula is C15H12N2O. The lowest BCUT2D eigenvalue weighted by Gasteiger charge is -2.07. The fourth-order valence-corrected chi connectivity index (χ4v) is 2.01. The van der Waals surface area contributed by atoms with Gasteiger partial charge in [-0.1, -0.05) is 30.3 Å². The summed E-state index contributed by atoms with van der Waals surface area (Å²) in [7, 11) is 1.66. The molecule has 0 aliphatic heterocycles. The Balaban J connectivity index is 2.29. The number of fused-ring (bicyclic) bond motifs is 1. The van der Waals surface area contributed by atoms with Crippen LogP contribution >= 0.6 is 0 Å². The molecule has 0 spiro atoms. The third-order valence-electron chi connectivity index (χ3n) is 2.93. The number of hydrogen-bond donors (Lipinski definition) is 0. The molecule has 0 unspecified atom stereocenters. The van der Waals surface area contributed by atoms with Crippen molar-refractivity contribution in [3.63, 3.8) is 0 Å². The summed E-state index contributed by atoms with van der Waals surface area (Å²) in [6.07, 6.45) is 1.79. The molecule has 0 atom stereocenters. The van der Waals surface area contributed by atoms with E-state index in [0.717, 1.165) is 27.8 Å². The van der Waals surface area contributed by atoms with Gasteiger partial charge in [0.15, 0.2) is 0 Å². The Labute approximate surface area is 105 Å². The van der Waals surface area contributed by atoms with E-state index in [9.17, 15) is 0 Å². The van der Waals surface area contributed by atoms with Gasteiger partial charge < -0.3 is 4.74 Å². The smallest absolute Gasteiger partial charge is 0.119 e. The Hall–Kier alpha value is -2.42.